The fraction of sp³-hybridized carbons (Fsp3) is 0.207. The lowest BCUT2D eigenvalue weighted by Crippen LogP contribution is -2.32. The normalized spacial score (nSPS) is 16.7. The zero-order chi connectivity index (χ0) is 24.8. The number of nitrogens with zero attached hydrogens (tertiary/aromatic N) is 2. The average molecular weight is 482 g/mol. The Morgan fingerprint density at radius 2 is 1.69 bits per heavy atom. The maximum Gasteiger partial charge on any atom is 0.264 e. The Hall–Kier alpha value is -3.82. The van der Waals surface area contributed by atoms with Gasteiger partial charge in [-0.2, -0.15) is 5.26 Å². The standard InChI is InChI=1S/C29H27N3O2S/c1-20-11-13-24(14-12-20)32-28(34)26(18-23-10-6-7-21(2)17-23)35-29(32)25(19-30)27(33)31-16-15-22-8-4-3-5-9-22/h3-14,17,26H,15-16,18H2,1-2H3,(H,31,33)/b29-25+/t26-/m0/s1. The van der Waals surface area contributed by atoms with Gasteiger partial charge in [0.2, 0.25) is 5.91 Å². The summed E-state index contributed by atoms with van der Waals surface area (Å²) in [4.78, 5) is 28.1. The van der Waals surface area contributed by atoms with Crippen LogP contribution in [0, 0.1) is 25.2 Å². The second-order valence-corrected chi connectivity index (χ2v) is 9.78. The lowest BCUT2D eigenvalue weighted by molar-refractivity contribution is -0.117. The van der Waals surface area contributed by atoms with Crippen LogP contribution in [0.2, 0.25) is 0 Å². The number of aryl methyl sites for hydroxylation is 2. The molecule has 2 amide bonds. The molecule has 1 aliphatic rings. The molecule has 0 aromatic heterocycles. The van der Waals surface area contributed by atoms with Crippen molar-refractivity contribution in [3.05, 3.63) is 112 Å². The molecular formula is C29H27N3O2S. The van der Waals surface area contributed by atoms with Gasteiger partial charge >= 0.3 is 0 Å². The monoisotopic (exact) mass is 481 g/mol. The van der Waals surface area contributed by atoms with Gasteiger partial charge in [0.25, 0.3) is 5.91 Å². The van der Waals surface area contributed by atoms with Gasteiger partial charge in [0.05, 0.1) is 5.25 Å². The van der Waals surface area contributed by atoms with Crippen LogP contribution in [0.1, 0.15) is 22.3 Å². The largest absolute Gasteiger partial charge is 0.351 e. The van der Waals surface area contributed by atoms with Gasteiger partial charge in [-0.25, -0.2) is 0 Å². The van der Waals surface area contributed by atoms with Crippen molar-refractivity contribution < 1.29 is 9.59 Å². The summed E-state index contributed by atoms with van der Waals surface area (Å²) in [6.45, 7) is 4.39. The molecule has 1 atom stereocenters. The minimum Gasteiger partial charge on any atom is -0.351 e. The highest BCUT2D eigenvalue weighted by Gasteiger charge is 2.40. The molecule has 1 saturated heterocycles. The van der Waals surface area contributed by atoms with E-state index < -0.39 is 11.2 Å². The molecule has 0 bridgehead atoms. The second kappa shape index (κ2) is 11.1. The van der Waals surface area contributed by atoms with Gasteiger partial charge < -0.3 is 5.32 Å². The third-order valence-corrected chi connectivity index (χ3v) is 7.11. The lowest BCUT2D eigenvalue weighted by Gasteiger charge is -2.19. The van der Waals surface area contributed by atoms with E-state index in [1.165, 1.54) is 16.7 Å². The van der Waals surface area contributed by atoms with Crippen LogP contribution < -0.4 is 10.2 Å². The van der Waals surface area contributed by atoms with E-state index in [-0.39, 0.29) is 11.5 Å². The number of thioether (sulfide) groups is 1. The van der Waals surface area contributed by atoms with E-state index in [0.717, 1.165) is 22.3 Å². The number of amides is 2. The predicted octanol–water partition coefficient (Wildman–Crippen LogP) is 5.09. The van der Waals surface area contributed by atoms with Crippen LogP contribution >= 0.6 is 11.8 Å². The van der Waals surface area contributed by atoms with Crippen molar-refractivity contribution in [2.75, 3.05) is 11.4 Å². The highest BCUT2D eigenvalue weighted by atomic mass is 32.2. The number of rotatable bonds is 7. The van der Waals surface area contributed by atoms with E-state index in [1.54, 1.807) is 0 Å². The van der Waals surface area contributed by atoms with Crippen molar-refractivity contribution in [3.8, 4) is 6.07 Å². The number of benzene rings is 3. The van der Waals surface area contributed by atoms with E-state index in [1.807, 2.05) is 86.6 Å². The first-order valence-electron chi connectivity index (χ1n) is 11.6. The van der Waals surface area contributed by atoms with Gasteiger partial charge in [-0.15, -0.1) is 0 Å². The van der Waals surface area contributed by atoms with Gasteiger partial charge in [-0.3, -0.25) is 14.5 Å². The van der Waals surface area contributed by atoms with Crippen molar-refractivity contribution >= 4 is 29.3 Å². The topological polar surface area (TPSA) is 73.2 Å². The maximum atomic E-state index is 13.6. The molecule has 1 aliphatic heterocycles. The number of nitrogens with one attached hydrogen (secondary N) is 1. The summed E-state index contributed by atoms with van der Waals surface area (Å²) in [5, 5.41) is 12.8. The van der Waals surface area contributed by atoms with Gasteiger partial charge in [0, 0.05) is 12.2 Å². The van der Waals surface area contributed by atoms with Crippen LogP contribution in [0.15, 0.2) is 89.5 Å². The van der Waals surface area contributed by atoms with Gasteiger partial charge in [-0.05, 0) is 49.9 Å². The van der Waals surface area contributed by atoms with E-state index in [0.29, 0.717) is 30.1 Å². The van der Waals surface area contributed by atoms with Crippen LogP contribution in [0.5, 0.6) is 0 Å². The van der Waals surface area contributed by atoms with Crippen molar-refractivity contribution in [2.45, 2.75) is 31.9 Å². The van der Waals surface area contributed by atoms with Crippen LogP contribution in [0.4, 0.5) is 5.69 Å². The molecule has 1 N–H and O–H groups in total. The molecular weight excluding hydrogens is 454 g/mol. The fourth-order valence-electron chi connectivity index (χ4n) is 4.02. The Kier molecular flexibility index (Phi) is 7.69. The quantitative estimate of drug-likeness (QED) is 0.377. The number of carbonyl (C=O) groups excluding carboxylic acids is 2. The summed E-state index contributed by atoms with van der Waals surface area (Å²) < 4.78 is 0. The molecule has 0 aliphatic carbocycles. The van der Waals surface area contributed by atoms with E-state index >= 15 is 0 Å². The zero-order valence-corrected chi connectivity index (χ0v) is 20.6. The molecule has 0 unspecified atom stereocenters. The fourth-order valence-corrected chi connectivity index (χ4v) is 5.33. The molecule has 0 radical (unpaired) electrons. The third kappa shape index (κ3) is 5.82. The Labute approximate surface area is 210 Å². The molecule has 3 aromatic carbocycles. The smallest absolute Gasteiger partial charge is 0.264 e. The van der Waals surface area contributed by atoms with E-state index in [4.69, 9.17) is 0 Å². The van der Waals surface area contributed by atoms with Gasteiger partial charge in [-0.1, -0.05) is 89.6 Å². The number of anilines is 1. The van der Waals surface area contributed by atoms with Crippen molar-refractivity contribution in [2.24, 2.45) is 0 Å². The molecule has 1 heterocycles. The van der Waals surface area contributed by atoms with E-state index in [9.17, 15) is 14.9 Å². The lowest BCUT2D eigenvalue weighted by atomic mass is 10.1. The number of nitriles is 1. The summed E-state index contributed by atoms with van der Waals surface area (Å²) in [7, 11) is 0. The van der Waals surface area contributed by atoms with Crippen LogP contribution in [-0.2, 0) is 22.4 Å². The van der Waals surface area contributed by atoms with Crippen molar-refractivity contribution in [1.82, 2.24) is 5.32 Å². The Balaban J connectivity index is 1.62. The van der Waals surface area contributed by atoms with Crippen LogP contribution in [-0.4, -0.2) is 23.6 Å². The highest BCUT2D eigenvalue weighted by molar-refractivity contribution is 8.05. The molecule has 1 fully saturated rings. The predicted molar refractivity (Wildman–Crippen MR) is 141 cm³/mol. The minimum absolute atomic E-state index is 0.0382. The summed E-state index contributed by atoms with van der Waals surface area (Å²) in [5.41, 5.74) is 4.95. The molecule has 5 nitrogen and oxygen atoms in total. The second-order valence-electron chi connectivity index (χ2n) is 8.59. The Bertz CT molecular complexity index is 1290. The SMILES string of the molecule is Cc1ccc(N2C(=O)[C@H](Cc3cccc(C)c3)S/C2=C(\C#N)C(=O)NCCc2ccccc2)cc1. The first-order valence-corrected chi connectivity index (χ1v) is 12.4. The van der Waals surface area contributed by atoms with Gasteiger partial charge in [0.1, 0.15) is 16.7 Å². The first-order chi connectivity index (χ1) is 17.0. The molecule has 0 saturated carbocycles. The maximum absolute atomic E-state index is 13.6. The highest BCUT2D eigenvalue weighted by Crippen LogP contribution is 2.42. The average Bonchev–Trinajstić information content (AvgIpc) is 3.16. The summed E-state index contributed by atoms with van der Waals surface area (Å²) >= 11 is 1.29. The Morgan fingerprint density at radius 3 is 2.37 bits per heavy atom. The first kappa shape index (κ1) is 24.3. The summed E-state index contributed by atoms with van der Waals surface area (Å²) in [6.07, 6.45) is 1.18. The summed E-state index contributed by atoms with van der Waals surface area (Å²) in [5.74, 6) is -0.591. The molecule has 4 rings (SSSR count). The third-order valence-electron chi connectivity index (χ3n) is 5.84. The van der Waals surface area contributed by atoms with Gasteiger partial charge in [0.15, 0.2) is 0 Å². The number of hydrogen-bond donors (Lipinski definition) is 1. The number of carbonyl (C=O) groups is 2. The molecule has 35 heavy (non-hydrogen) atoms. The van der Waals surface area contributed by atoms with Crippen molar-refractivity contribution in [3.63, 3.8) is 0 Å². The van der Waals surface area contributed by atoms with E-state index in [2.05, 4.69) is 17.5 Å². The molecule has 3 aromatic rings. The van der Waals surface area contributed by atoms with Crippen LogP contribution in [0.25, 0.3) is 0 Å². The Morgan fingerprint density at radius 1 is 0.971 bits per heavy atom. The van der Waals surface area contributed by atoms with Crippen LogP contribution in [0.3, 0.4) is 0 Å². The molecule has 0 spiro atoms. The minimum atomic E-state index is -0.466. The number of hydrogen-bond acceptors (Lipinski definition) is 4. The van der Waals surface area contributed by atoms with Crippen molar-refractivity contribution in [1.29, 1.82) is 5.26 Å². The molecule has 6 heteroatoms. The zero-order valence-electron chi connectivity index (χ0n) is 19.8. The molecule has 176 valence electrons. The summed E-state index contributed by atoms with van der Waals surface area (Å²) in [6, 6.07) is 27.5.